The minimum Gasteiger partial charge on any atom is -0.343 e. The molecule has 4 nitrogen and oxygen atoms in total. The van der Waals surface area contributed by atoms with Gasteiger partial charge in [-0.3, -0.25) is 4.79 Å². The Morgan fingerprint density at radius 2 is 1.81 bits per heavy atom. The van der Waals surface area contributed by atoms with E-state index in [1.165, 1.54) is 25.7 Å². The number of hydrogen-bond donors (Lipinski definition) is 1. The molecule has 1 saturated heterocycles. The normalized spacial score (nSPS) is 22.0. The van der Waals surface area contributed by atoms with Crippen LogP contribution in [-0.4, -0.2) is 43.3 Å². The van der Waals surface area contributed by atoms with Crippen molar-refractivity contribution < 1.29 is 9.59 Å². The molecular formula is C17H32N2O2. The molecule has 2 rings (SSSR count). The van der Waals surface area contributed by atoms with Gasteiger partial charge in [0.15, 0.2) is 0 Å². The Balaban J connectivity index is 0.000000270. The quantitative estimate of drug-likeness (QED) is 0.767. The third-order valence-corrected chi connectivity index (χ3v) is 5.28. The van der Waals surface area contributed by atoms with Crippen molar-refractivity contribution in [2.75, 3.05) is 20.1 Å². The molecule has 1 aliphatic heterocycles. The second-order valence-corrected chi connectivity index (χ2v) is 7.85. The summed E-state index contributed by atoms with van der Waals surface area (Å²) in [6.07, 6.45) is 7.75. The van der Waals surface area contributed by atoms with E-state index in [9.17, 15) is 9.59 Å². The highest BCUT2D eigenvalue weighted by atomic mass is 16.1. The minimum absolute atomic E-state index is 0.0972. The number of nitrogens with zero attached hydrogens (tertiary/aromatic N) is 1. The van der Waals surface area contributed by atoms with Gasteiger partial charge in [0.2, 0.25) is 6.41 Å². The minimum atomic E-state index is -0.0972. The lowest BCUT2D eigenvalue weighted by atomic mass is 9.64. The largest absolute Gasteiger partial charge is 0.343 e. The van der Waals surface area contributed by atoms with Gasteiger partial charge >= 0.3 is 0 Å². The lowest BCUT2D eigenvalue weighted by Crippen LogP contribution is -2.60. The third-order valence-electron chi connectivity index (χ3n) is 5.28. The van der Waals surface area contributed by atoms with E-state index in [-0.39, 0.29) is 11.0 Å². The van der Waals surface area contributed by atoms with Gasteiger partial charge in [-0.2, -0.15) is 0 Å². The van der Waals surface area contributed by atoms with Crippen LogP contribution in [0.5, 0.6) is 0 Å². The highest BCUT2D eigenvalue weighted by molar-refractivity contribution is 5.57. The molecule has 0 bridgehead atoms. The summed E-state index contributed by atoms with van der Waals surface area (Å²) in [5.41, 5.74) is 0.524. The van der Waals surface area contributed by atoms with Crippen LogP contribution in [0.25, 0.3) is 0 Å². The first-order valence-corrected chi connectivity index (χ1v) is 8.08. The Morgan fingerprint density at radius 3 is 2.00 bits per heavy atom. The Kier molecular flexibility index (Phi) is 5.97. The fourth-order valence-corrected chi connectivity index (χ4v) is 2.91. The van der Waals surface area contributed by atoms with Crippen LogP contribution in [0.2, 0.25) is 0 Å². The lowest BCUT2D eigenvalue weighted by molar-refractivity contribution is -0.128. The maximum Gasteiger partial charge on any atom is 0.209 e. The molecular weight excluding hydrogens is 264 g/mol. The molecule has 1 aliphatic carbocycles. The monoisotopic (exact) mass is 296 g/mol. The van der Waals surface area contributed by atoms with Gasteiger partial charge in [-0.15, -0.1) is 0 Å². The molecule has 4 heteroatoms. The highest BCUT2D eigenvalue weighted by Crippen LogP contribution is 2.45. The van der Waals surface area contributed by atoms with E-state index in [1.54, 1.807) is 0 Å². The number of aldehydes is 1. The van der Waals surface area contributed by atoms with Crippen LogP contribution in [0.15, 0.2) is 0 Å². The molecule has 1 amide bonds. The number of hydrogen-bond acceptors (Lipinski definition) is 3. The zero-order valence-electron chi connectivity index (χ0n) is 14.4. The molecule has 1 saturated carbocycles. The zero-order chi connectivity index (χ0) is 16.1. The Hall–Kier alpha value is -0.900. The first-order chi connectivity index (χ1) is 9.72. The number of carbonyl (C=O) groups excluding carboxylic acids is 2. The van der Waals surface area contributed by atoms with E-state index in [0.717, 1.165) is 32.2 Å². The van der Waals surface area contributed by atoms with Gasteiger partial charge in [-0.25, -0.2) is 0 Å². The molecule has 2 aliphatic rings. The van der Waals surface area contributed by atoms with Crippen LogP contribution < -0.4 is 5.32 Å². The van der Waals surface area contributed by atoms with Crippen LogP contribution in [0, 0.1) is 10.8 Å². The molecule has 0 aromatic rings. The summed E-state index contributed by atoms with van der Waals surface area (Å²) in [6, 6.07) is 0. The number of nitrogens with one attached hydrogen (secondary N) is 1. The second kappa shape index (κ2) is 6.91. The molecule has 0 unspecified atom stereocenters. The predicted octanol–water partition coefficient (Wildman–Crippen LogP) is 2.62. The van der Waals surface area contributed by atoms with E-state index < -0.39 is 0 Å². The SMILES string of the molecule is CCC(C)(C)C=O.CN(C=O)C1(CC2(C)CNC2)CCC1. The lowest BCUT2D eigenvalue weighted by Gasteiger charge is -2.54. The van der Waals surface area contributed by atoms with Gasteiger partial charge in [0.1, 0.15) is 6.29 Å². The number of carbonyl (C=O) groups is 2. The molecule has 21 heavy (non-hydrogen) atoms. The summed E-state index contributed by atoms with van der Waals surface area (Å²) in [4.78, 5) is 22.8. The third kappa shape index (κ3) is 4.53. The van der Waals surface area contributed by atoms with Crippen LogP contribution in [0.4, 0.5) is 0 Å². The topological polar surface area (TPSA) is 49.4 Å². The standard InChI is InChI=1S/C11H20N2O.C6H12O/c1-10(7-12-8-10)6-11(4-3-5-11)13(2)9-14;1-4-6(2,3)5-7/h9,12H,3-8H2,1-2H3;5H,4H2,1-3H3. The second-order valence-electron chi connectivity index (χ2n) is 7.85. The van der Waals surface area contributed by atoms with Crippen molar-refractivity contribution in [2.24, 2.45) is 10.8 Å². The molecule has 2 fully saturated rings. The first-order valence-electron chi connectivity index (χ1n) is 8.08. The average molecular weight is 296 g/mol. The summed E-state index contributed by atoms with van der Waals surface area (Å²) >= 11 is 0. The Morgan fingerprint density at radius 1 is 1.24 bits per heavy atom. The smallest absolute Gasteiger partial charge is 0.209 e. The molecule has 0 spiro atoms. The highest BCUT2D eigenvalue weighted by Gasteiger charge is 2.47. The van der Waals surface area contributed by atoms with Crippen LogP contribution >= 0.6 is 0 Å². The number of rotatable bonds is 6. The average Bonchev–Trinajstić information content (AvgIpc) is 2.40. The van der Waals surface area contributed by atoms with Crippen molar-refractivity contribution >= 4 is 12.7 Å². The summed E-state index contributed by atoms with van der Waals surface area (Å²) in [5, 5.41) is 3.32. The maximum absolute atomic E-state index is 10.8. The number of amides is 1. The van der Waals surface area contributed by atoms with Crippen molar-refractivity contribution in [1.82, 2.24) is 10.2 Å². The summed E-state index contributed by atoms with van der Waals surface area (Å²) in [5.74, 6) is 0. The molecule has 0 radical (unpaired) electrons. The molecule has 0 aromatic carbocycles. The van der Waals surface area contributed by atoms with Crippen molar-refractivity contribution in [2.45, 2.75) is 65.3 Å². The Labute approximate surface area is 129 Å². The summed E-state index contributed by atoms with van der Waals surface area (Å²) in [6.45, 7) is 10.4. The molecule has 0 aromatic heterocycles. The van der Waals surface area contributed by atoms with Gasteiger partial charge in [-0.1, -0.05) is 27.7 Å². The molecule has 0 atom stereocenters. The zero-order valence-corrected chi connectivity index (χ0v) is 14.4. The van der Waals surface area contributed by atoms with Crippen molar-refractivity contribution in [3.63, 3.8) is 0 Å². The van der Waals surface area contributed by atoms with E-state index in [2.05, 4.69) is 12.2 Å². The predicted molar refractivity (Wildman–Crippen MR) is 86.1 cm³/mol. The summed E-state index contributed by atoms with van der Waals surface area (Å²) < 4.78 is 0. The van der Waals surface area contributed by atoms with Crippen LogP contribution in [-0.2, 0) is 9.59 Å². The molecule has 1 heterocycles. The van der Waals surface area contributed by atoms with E-state index >= 15 is 0 Å². The van der Waals surface area contributed by atoms with Crippen LogP contribution in [0.3, 0.4) is 0 Å². The van der Waals surface area contributed by atoms with Gasteiger partial charge in [0, 0.05) is 31.1 Å². The van der Waals surface area contributed by atoms with Crippen molar-refractivity contribution in [1.29, 1.82) is 0 Å². The van der Waals surface area contributed by atoms with Gasteiger partial charge < -0.3 is 15.0 Å². The summed E-state index contributed by atoms with van der Waals surface area (Å²) in [7, 11) is 1.93. The van der Waals surface area contributed by atoms with Gasteiger partial charge in [0.25, 0.3) is 0 Å². The fraction of sp³-hybridized carbons (Fsp3) is 0.882. The van der Waals surface area contributed by atoms with E-state index in [1.807, 2.05) is 32.7 Å². The molecule has 1 N–H and O–H groups in total. The van der Waals surface area contributed by atoms with Crippen molar-refractivity contribution in [3.05, 3.63) is 0 Å². The van der Waals surface area contributed by atoms with E-state index in [4.69, 9.17) is 0 Å². The Bertz CT molecular complexity index is 358. The first kappa shape index (κ1) is 18.1. The molecule has 122 valence electrons. The maximum atomic E-state index is 10.8. The van der Waals surface area contributed by atoms with Crippen LogP contribution in [0.1, 0.15) is 59.8 Å². The van der Waals surface area contributed by atoms with Gasteiger partial charge in [0.05, 0.1) is 0 Å². The van der Waals surface area contributed by atoms with Crippen molar-refractivity contribution in [3.8, 4) is 0 Å². The van der Waals surface area contributed by atoms with E-state index in [0.29, 0.717) is 5.41 Å². The van der Waals surface area contributed by atoms with Gasteiger partial charge in [-0.05, 0) is 37.5 Å². The fourth-order valence-electron chi connectivity index (χ4n) is 2.91.